The number of carbonyl (C=O) groups excluding carboxylic acids is 1. The third-order valence-electron chi connectivity index (χ3n) is 4.38. The Morgan fingerprint density at radius 2 is 2.08 bits per heavy atom. The van der Waals surface area contributed by atoms with E-state index in [-0.39, 0.29) is 17.0 Å². The van der Waals surface area contributed by atoms with Gasteiger partial charge in [0.25, 0.3) is 5.91 Å². The number of benzene rings is 1. The van der Waals surface area contributed by atoms with E-state index in [4.69, 9.17) is 4.84 Å². The van der Waals surface area contributed by atoms with Gasteiger partial charge in [-0.25, -0.2) is 4.39 Å². The molecule has 1 amide bonds. The zero-order chi connectivity index (χ0) is 17.8. The van der Waals surface area contributed by atoms with Gasteiger partial charge in [0, 0.05) is 23.0 Å². The van der Waals surface area contributed by atoms with E-state index in [2.05, 4.69) is 15.5 Å². The molecule has 0 saturated heterocycles. The number of aromatic nitrogens is 1. The summed E-state index contributed by atoms with van der Waals surface area (Å²) in [6.07, 6.45) is 6.38. The van der Waals surface area contributed by atoms with Crippen molar-refractivity contribution in [2.45, 2.75) is 32.6 Å². The van der Waals surface area contributed by atoms with Crippen molar-refractivity contribution >= 4 is 17.3 Å². The Balaban J connectivity index is 1.87. The van der Waals surface area contributed by atoms with Crippen LogP contribution in [0.3, 0.4) is 0 Å². The maximum Gasteiger partial charge on any atom is 0.257 e. The third-order valence-corrected chi connectivity index (χ3v) is 4.38. The number of halogens is 1. The lowest BCUT2D eigenvalue weighted by Crippen LogP contribution is -2.15. The van der Waals surface area contributed by atoms with Crippen LogP contribution in [0.1, 0.15) is 46.3 Å². The fourth-order valence-corrected chi connectivity index (χ4v) is 3.03. The van der Waals surface area contributed by atoms with Crippen LogP contribution in [0.25, 0.3) is 0 Å². The van der Waals surface area contributed by atoms with Crippen molar-refractivity contribution in [3.05, 3.63) is 58.7 Å². The van der Waals surface area contributed by atoms with Gasteiger partial charge in [-0.2, -0.15) is 0 Å². The molecule has 1 aliphatic rings. The van der Waals surface area contributed by atoms with Crippen molar-refractivity contribution in [1.29, 1.82) is 0 Å². The van der Waals surface area contributed by atoms with Crippen LogP contribution in [-0.4, -0.2) is 23.7 Å². The summed E-state index contributed by atoms with van der Waals surface area (Å²) in [5.74, 6) is -0.862. The SMILES string of the molecule is CON=C1CCCCc2cc(NC(=O)c3cncc(F)c3C)ccc21. The van der Waals surface area contributed by atoms with Crippen LogP contribution < -0.4 is 5.32 Å². The van der Waals surface area contributed by atoms with E-state index in [1.807, 2.05) is 18.2 Å². The lowest BCUT2D eigenvalue weighted by molar-refractivity contribution is 0.102. The maximum atomic E-state index is 13.6. The standard InChI is InChI=1S/C19H20FN3O2/c1-12-16(10-21-11-17(12)20)19(24)22-14-7-8-15-13(9-14)5-3-4-6-18(15)23-25-2/h7-11H,3-6H2,1-2H3,(H,22,24). The molecule has 1 aromatic carbocycles. The van der Waals surface area contributed by atoms with Crippen LogP contribution in [0.5, 0.6) is 0 Å². The van der Waals surface area contributed by atoms with Crippen LogP contribution >= 0.6 is 0 Å². The summed E-state index contributed by atoms with van der Waals surface area (Å²) in [6, 6.07) is 5.73. The van der Waals surface area contributed by atoms with Crippen LogP contribution in [-0.2, 0) is 11.3 Å². The molecule has 25 heavy (non-hydrogen) atoms. The Bertz CT molecular complexity index is 833. The fraction of sp³-hybridized carbons (Fsp3) is 0.316. The highest BCUT2D eigenvalue weighted by atomic mass is 19.1. The topological polar surface area (TPSA) is 63.6 Å². The molecule has 0 fully saturated rings. The zero-order valence-electron chi connectivity index (χ0n) is 14.3. The van der Waals surface area contributed by atoms with E-state index in [0.717, 1.165) is 48.7 Å². The van der Waals surface area contributed by atoms with E-state index in [9.17, 15) is 9.18 Å². The van der Waals surface area contributed by atoms with Crippen molar-refractivity contribution < 1.29 is 14.0 Å². The molecule has 0 saturated carbocycles. The Morgan fingerprint density at radius 3 is 2.88 bits per heavy atom. The molecule has 0 bridgehead atoms. The third kappa shape index (κ3) is 3.68. The van der Waals surface area contributed by atoms with E-state index in [0.29, 0.717) is 5.69 Å². The second-order valence-corrected chi connectivity index (χ2v) is 6.05. The molecule has 0 aliphatic heterocycles. The van der Waals surface area contributed by atoms with E-state index >= 15 is 0 Å². The summed E-state index contributed by atoms with van der Waals surface area (Å²) < 4.78 is 13.6. The van der Waals surface area contributed by atoms with Crippen molar-refractivity contribution in [2.24, 2.45) is 5.16 Å². The van der Waals surface area contributed by atoms with Gasteiger partial charge in [0.15, 0.2) is 0 Å². The number of fused-ring (bicyclic) bond motifs is 1. The molecule has 1 N–H and O–H groups in total. The fourth-order valence-electron chi connectivity index (χ4n) is 3.03. The molecule has 130 valence electrons. The maximum absolute atomic E-state index is 13.6. The van der Waals surface area contributed by atoms with Crippen molar-refractivity contribution in [3.8, 4) is 0 Å². The van der Waals surface area contributed by atoms with Gasteiger partial charge in [0.1, 0.15) is 12.9 Å². The van der Waals surface area contributed by atoms with Crippen LogP contribution in [0.2, 0.25) is 0 Å². The molecular weight excluding hydrogens is 321 g/mol. The van der Waals surface area contributed by atoms with Gasteiger partial charge in [0.2, 0.25) is 0 Å². The number of carbonyl (C=O) groups is 1. The second-order valence-electron chi connectivity index (χ2n) is 6.05. The minimum atomic E-state index is -0.491. The smallest absolute Gasteiger partial charge is 0.257 e. The number of hydrogen-bond acceptors (Lipinski definition) is 4. The number of oxime groups is 1. The van der Waals surface area contributed by atoms with Gasteiger partial charge >= 0.3 is 0 Å². The Labute approximate surface area is 145 Å². The molecule has 6 heteroatoms. The first kappa shape index (κ1) is 17.1. The predicted molar refractivity (Wildman–Crippen MR) is 94.4 cm³/mol. The van der Waals surface area contributed by atoms with Crippen LogP contribution in [0.4, 0.5) is 10.1 Å². The lowest BCUT2D eigenvalue weighted by atomic mass is 10.0. The van der Waals surface area contributed by atoms with Crippen molar-refractivity contribution in [3.63, 3.8) is 0 Å². The normalized spacial score (nSPS) is 15.4. The number of hydrogen-bond donors (Lipinski definition) is 1. The molecule has 0 radical (unpaired) electrons. The molecule has 1 heterocycles. The van der Waals surface area contributed by atoms with Crippen LogP contribution in [0, 0.1) is 12.7 Å². The number of rotatable bonds is 3. The van der Waals surface area contributed by atoms with E-state index in [1.165, 1.54) is 6.20 Å². The Morgan fingerprint density at radius 1 is 1.28 bits per heavy atom. The highest BCUT2D eigenvalue weighted by Gasteiger charge is 2.17. The molecule has 0 spiro atoms. The van der Waals surface area contributed by atoms with Crippen LogP contribution in [0.15, 0.2) is 35.7 Å². The summed E-state index contributed by atoms with van der Waals surface area (Å²) in [5, 5.41) is 6.95. The number of pyridine rings is 1. The van der Waals surface area contributed by atoms with Gasteiger partial charge < -0.3 is 10.2 Å². The first-order valence-electron chi connectivity index (χ1n) is 8.25. The van der Waals surface area contributed by atoms with Gasteiger partial charge in [0.05, 0.1) is 17.5 Å². The number of nitrogens with zero attached hydrogens (tertiary/aromatic N) is 2. The quantitative estimate of drug-likeness (QED) is 0.681. The number of anilines is 1. The first-order valence-corrected chi connectivity index (χ1v) is 8.25. The highest BCUT2D eigenvalue weighted by Crippen LogP contribution is 2.25. The molecule has 0 unspecified atom stereocenters. The second kappa shape index (κ2) is 7.42. The van der Waals surface area contributed by atoms with E-state index < -0.39 is 5.82 Å². The summed E-state index contributed by atoms with van der Waals surface area (Å²) >= 11 is 0. The predicted octanol–water partition coefficient (Wildman–Crippen LogP) is 3.86. The molecule has 5 nitrogen and oxygen atoms in total. The van der Waals surface area contributed by atoms with Gasteiger partial charge in [-0.1, -0.05) is 11.2 Å². The minimum absolute atomic E-state index is 0.233. The Hall–Kier alpha value is -2.76. The van der Waals surface area contributed by atoms with Gasteiger partial charge in [-0.05, 0) is 50.3 Å². The average Bonchev–Trinajstić information content (AvgIpc) is 2.79. The van der Waals surface area contributed by atoms with Gasteiger partial charge in [-0.3, -0.25) is 9.78 Å². The lowest BCUT2D eigenvalue weighted by Gasteiger charge is -2.12. The summed E-state index contributed by atoms with van der Waals surface area (Å²) in [6.45, 7) is 1.57. The molecule has 3 rings (SSSR count). The van der Waals surface area contributed by atoms with E-state index in [1.54, 1.807) is 14.0 Å². The number of aryl methyl sites for hydroxylation is 1. The number of nitrogens with one attached hydrogen (secondary N) is 1. The molecule has 2 aromatic rings. The van der Waals surface area contributed by atoms with Crippen molar-refractivity contribution in [2.75, 3.05) is 12.4 Å². The molecule has 0 atom stereocenters. The monoisotopic (exact) mass is 341 g/mol. The summed E-state index contributed by atoms with van der Waals surface area (Å²) in [4.78, 5) is 21.1. The average molecular weight is 341 g/mol. The summed E-state index contributed by atoms with van der Waals surface area (Å²) in [7, 11) is 1.54. The number of amides is 1. The minimum Gasteiger partial charge on any atom is -0.399 e. The molecular formula is C19H20FN3O2. The van der Waals surface area contributed by atoms with Crippen molar-refractivity contribution in [1.82, 2.24) is 4.98 Å². The van der Waals surface area contributed by atoms with Gasteiger partial charge in [-0.15, -0.1) is 0 Å². The molecule has 1 aromatic heterocycles. The largest absolute Gasteiger partial charge is 0.399 e. The molecule has 1 aliphatic carbocycles. The summed E-state index contributed by atoms with van der Waals surface area (Å²) in [5.41, 5.74) is 4.30. The first-order chi connectivity index (χ1) is 12.1. The zero-order valence-corrected chi connectivity index (χ0v) is 14.3. The Kier molecular flexibility index (Phi) is 5.07. The highest BCUT2D eigenvalue weighted by molar-refractivity contribution is 6.06.